The molecule has 7 heteroatoms. The molecule has 0 radical (unpaired) electrons. The summed E-state index contributed by atoms with van der Waals surface area (Å²) in [4.78, 5) is 11.6. The van der Waals surface area contributed by atoms with Gasteiger partial charge < -0.3 is 14.2 Å². The number of methoxy groups -OCH3 is 2. The summed E-state index contributed by atoms with van der Waals surface area (Å²) < 4.78 is 16.9. The summed E-state index contributed by atoms with van der Waals surface area (Å²) in [5, 5.41) is 7.92. The van der Waals surface area contributed by atoms with E-state index in [9.17, 15) is 4.79 Å². The van der Waals surface area contributed by atoms with Gasteiger partial charge >= 0.3 is 5.97 Å². The number of hydrogen-bond acceptors (Lipinski definition) is 6. The molecule has 0 aliphatic carbocycles. The number of carbonyl (C=O) groups excluding carboxylic acids is 1. The minimum absolute atomic E-state index is 0.106. The van der Waals surface area contributed by atoms with Crippen LogP contribution in [-0.2, 0) is 20.8 Å². The molecule has 0 saturated carbocycles. The number of rotatable bonds is 4. The molecule has 1 aromatic heterocycles. The van der Waals surface area contributed by atoms with E-state index in [1.807, 2.05) is 0 Å². The van der Waals surface area contributed by atoms with Crippen LogP contribution in [0.25, 0.3) is 0 Å². The van der Waals surface area contributed by atoms with Crippen molar-refractivity contribution in [2.75, 3.05) is 27.4 Å². The lowest BCUT2D eigenvalue weighted by molar-refractivity contribution is 0.0501. The van der Waals surface area contributed by atoms with Gasteiger partial charge in [0.1, 0.15) is 0 Å². The molecule has 1 unspecified atom stereocenters. The summed E-state index contributed by atoms with van der Waals surface area (Å²) >= 11 is 0. The highest BCUT2D eigenvalue weighted by Crippen LogP contribution is 2.22. The van der Waals surface area contributed by atoms with E-state index >= 15 is 0 Å². The maximum Gasteiger partial charge on any atom is 0.360 e. The zero-order valence-electron chi connectivity index (χ0n) is 10.6. The van der Waals surface area contributed by atoms with Gasteiger partial charge in [-0.1, -0.05) is 5.21 Å². The fraction of sp³-hybridized carbons (Fsp3) is 0.727. The third-order valence-corrected chi connectivity index (χ3v) is 2.93. The van der Waals surface area contributed by atoms with E-state index < -0.39 is 5.97 Å². The van der Waals surface area contributed by atoms with E-state index in [4.69, 9.17) is 9.47 Å². The Kier molecular flexibility index (Phi) is 4.27. The summed E-state index contributed by atoms with van der Waals surface area (Å²) in [5.74, 6) is -0.495. The van der Waals surface area contributed by atoms with E-state index in [0.29, 0.717) is 12.3 Å². The van der Waals surface area contributed by atoms with Crippen molar-refractivity contribution >= 4 is 5.97 Å². The van der Waals surface area contributed by atoms with E-state index in [0.717, 1.165) is 19.4 Å². The maximum absolute atomic E-state index is 11.6. The molecule has 0 bridgehead atoms. The van der Waals surface area contributed by atoms with Crippen molar-refractivity contribution in [3.05, 3.63) is 11.4 Å². The van der Waals surface area contributed by atoms with Crippen LogP contribution in [-0.4, -0.2) is 48.4 Å². The van der Waals surface area contributed by atoms with Crippen LogP contribution in [0.4, 0.5) is 0 Å². The molecule has 0 amide bonds. The van der Waals surface area contributed by atoms with Gasteiger partial charge in [0.05, 0.1) is 32.1 Å². The quantitative estimate of drug-likeness (QED) is 0.732. The molecule has 1 aliphatic heterocycles. The molecule has 1 atom stereocenters. The second kappa shape index (κ2) is 5.92. The second-order valence-electron chi connectivity index (χ2n) is 4.12. The Labute approximate surface area is 105 Å². The maximum atomic E-state index is 11.6. The van der Waals surface area contributed by atoms with Crippen molar-refractivity contribution < 1.29 is 19.0 Å². The van der Waals surface area contributed by atoms with Crippen LogP contribution in [0.15, 0.2) is 0 Å². The van der Waals surface area contributed by atoms with E-state index in [1.54, 1.807) is 11.8 Å². The smallest absolute Gasteiger partial charge is 0.360 e. The van der Waals surface area contributed by atoms with Gasteiger partial charge in [0, 0.05) is 13.7 Å². The predicted molar refractivity (Wildman–Crippen MR) is 61.2 cm³/mol. The molecular weight excluding hydrogens is 238 g/mol. The zero-order valence-corrected chi connectivity index (χ0v) is 10.6. The first-order valence-corrected chi connectivity index (χ1v) is 5.87. The molecule has 1 saturated heterocycles. The van der Waals surface area contributed by atoms with E-state index in [2.05, 4.69) is 15.0 Å². The van der Waals surface area contributed by atoms with Gasteiger partial charge in [0.2, 0.25) is 0 Å². The van der Waals surface area contributed by atoms with Gasteiger partial charge in [-0.2, -0.15) is 0 Å². The van der Waals surface area contributed by atoms with Crippen molar-refractivity contribution in [1.82, 2.24) is 15.0 Å². The second-order valence-corrected chi connectivity index (χ2v) is 4.12. The first kappa shape index (κ1) is 13.0. The fourth-order valence-corrected chi connectivity index (χ4v) is 2.05. The topological polar surface area (TPSA) is 75.5 Å². The van der Waals surface area contributed by atoms with Crippen LogP contribution in [0, 0.1) is 0 Å². The summed E-state index contributed by atoms with van der Waals surface area (Å²) in [6.45, 7) is 1.63. The van der Waals surface area contributed by atoms with Crippen molar-refractivity contribution in [2.45, 2.75) is 25.5 Å². The van der Waals surface area contributed by atoms with Gasteiger partial charge in [0.25, 0.3) is 0 Å². The van der Waals surface area contributed by atoms with Crippen molar-refractivity contribution in [3.63, 3.8) is 0 Å². The van der Waals surface area contributed by atoms with E-state index in [1.165, 1.54) is 7.11 Å². The summed E-state index contributed by atoms with van der Waals surface area (Å²) in [6, 6.07) is 0.106. The first-order valence-electron chi connectivity index (χ1n) is 5.87. The molecule has 1 fully saturated rings. The van der Waals surface area contributed by atoms with E-state index in [-0.39, 0.29) is 18.3 Å². The number of carbonyl (C=O) groups is 1. The van der Waals surface area contributed by atoms with Crippen LogP contribution < -0.4 is 0 Å². The van der Waals surface area contributed by atoms with Crippen LogP contribution >= 0.6 is 0 Å². The SMILES string of the molecule is COCc1c(C(=O)OC)nnn1C1CCCOC1. The zero-order chi connectivity index (χ0) is 13.0. The Balaban J connectivity index is 2.28. The van der Waals surface area contributed by atoms with Crippen molar-refractivity contribution in [1.29, 1.82) is 0 Å². The van der Waals surface area contributed by atoms with Crippen LogP contribution in [0.3, 0.4) is 0 Å². The van der Waals surface area contributed by atoms with Gasteiger partial charge in [-0.25, -0.2) is 9.48 Å². The summed E-state index contributed by atoms with van der Waals surface area (Å²) in [6.07, 6.45) is 1.94. The molecule has 0 aromatic carbocycles. The highest BCUT2D eigenvalue weighted by molar-refractivity contribution is 5.88. The average molecular weight is 255 g/mol. The molecule has 7 nitrogen and oxygen atoms in total. The minimum Gasteiger partial charge on any atom is -0.464 e. The molecule has 100 valence electrons. The standard InChI is InChI=1S/C11H17N3O4/c1-16-7-9-10(11(15)17-2)12-13-14(9)8-4-3-5-18-6-8/h8H,3-7H2,1-2H3. The lowest BCUT2D eigenvalue weighted by atomic mass is 10.1. The van der Waals surface area contributed by atoms with Crippen LogP contribution in [0.5, 0.6) is 0 Å². The van der Waals surface area contributed by atoms with Crippen molar-refractivity contribution in [3.8, 4) is 0 Å². The molecule has 18 heavy (non-hydrogen) atoms. The fourth-order valence-electron chi connectivity index (χ4n) is 2.05. The molecule has 1 aromatic rings. The first-order chi connectivity index (χ1) is 8.77. The monoisotopic (exact) mass is 255 g/mol. The third kappa shape index (κ3) is 2.51. The predicted octanol–water partition coefficient (Wildman–Crippen LogP) is 0.563. The number of nitrogens with zero attached hydrogens (tertiary/aromatic N) is 3. The number of hydrogen-bond donors (Lipinski definition) is 0. The van der Waals surface area contributed by atoms with Gasteiger partial charge in [-0.15, -0.1) is 5.10 Å². The Morgan fingerprint density at radius 2 is 2.39 bits per heavy atom. The molecule has 0 spiro atoms. The van der Waals surface area contributed by atoms with Gasteiger partial charge in [-0.05, 0) is 12.8 Å². The highest BCUT2D eigenvalue weighted by Gasteiger charge is 2.25. The van der Waals surface area contributed by atoms with Crippen LogP contribution in [0.1, 0.15) is 35.1 Å². The molecule has 1 aliphatic rings. The van der Waals surface area contributed by atoms with Crippen molar-refractivity contribution in [2.24, 2.45) is 0 Å². The normalized spacial score (nSPS) is 19.8. The third-order valence-electron chi connectivity index (χ3n) is 2.93. The molecule has 2 rings (SSSR count). The Morgan fingerprint density at radius 1 is 1.56 bits per heavy atom. The largest absolute Gasteiger partial charge is 0.464 e. The number of aromatic nitrogens is 3. The van der Waals surface area contributed by atoms with Gasteiger partial charge in [-0.3, -0.25) is 0 Å². The van der Waals surface area contributed by atoms with Gasteiger partial charge in [0.15, 0.2) is 5.69 Å². The molecular formula is C11H17N3O4. The lowest BCUT2D eigenvalue weighted by Crippen LogP contribution is -2.24. The average Bonchev–Trinajstić information content (AvgIpc) is 2.83. The Bertz CT molecular complexity index is 412. The summed E-state index contributed by atoms with van der Waals surface area (Å²) in [7, 11) is 2.89. The number of esters is 1. The molecule has 0 N–H and O–H groups in total. The lowest BCUT2D eigenvalue weighted by Gasteiger charge is -2.23. The molecule has 2 heterocycles. The highest BCUT2D eigenvalue weighted by atomic mass is 16.5. The summed E-state index contributed by atoms with van der Waals surface area (Å²) in [5.41, 5.74) is 0.852. The van der Waals surface area contributed by atoms with Crippen LogP contribution in [0.2, 0.25) is 0 Å². The number of ether oxygens (including phenoxy) is 3. The Hall–Kier alpha value is -1.47. The Morgan fingerprint density at radius 3 is 3.00 bits per heavy atom. The minimum atomic E-state index is -0.495.